The number of nitrogens with one attached hydrogen (secondary N) is 2. The number of anilines is 2. The molecule has 1 fully saturated rings. The fourth-order valence-electron chi connectivity index (χ4n) is 2.89. The van der Waals surface area contributed by atoms with Crippen molar-refractivity contribution in [1.82, 2.24) is 14.7 Å². The van der Waals surface area contributed by atoms with Gasteiger partial charge in [-0.1, -0.05) is 11.6 Å². The lowest BCUT2D eigenvalue weighted by Gasteiger charge is -2.29. The van der Waals surface area contributed by atoms with Gasteiger partial charge in [0.15, 0.2) is 23.3 Å². The summed E-state index contributed by atoms with van der Waals surface area (Å²) in [6.45, 7) is 0.707. The maximum Gasteiger partial charge on any atom is 0.323 e. The van der Waals surface area contributed by atoms with Crippen LogP contribution in [0.5, 0.6) is 0 Å². The first-order valence-electron chi connectivity index (χ1n) is 8.59. The molecule has 3 amide bonds. The zero-order valence-electron chi connectivity index (χ0n) is 15.2. The van der Waals surface area contributed by atoms with Crippen LogP contribution in [-0.2, 0) is 7.05 Å². The molecule has 2 aromatic rings. The van der Waals surface area contributed by atoms with Crippen molar-refractivity contribution >= 4 is 35.0 Å². The fraction of sp³-hybridized carbons (Fsp3) is 0.353. The molecule has 2 heterocycles. The van der Waals surface area contributed by atoms with Crippen molar-refractivity contribution in [2.24, 2.45) is 7.05 Å². The lowest BCUT2D eigenvalue weighted by molar-refractivity contribution is 0.0970. The minimum absolute atomic E-state index is 0.0769. The van der Waals surface area contributed by atoms with Gasteiger partial charge in [-0.3, -0.25) is 14.8 Å². The van der Waals surface area contributed by atoms with Gasteiger partial charge < -0.3 is 15.3 Å². The molecule has 0 spiro atoms. The molecule has 8 nitrogen and oxygen atoms in total. The quantitative estimate of drug-likeness (QED) is 0.651. The Bertz CT molecular complexity index is 937. The van der Waals surface area contributed by atoms with Gasteiger partial charge in [-0.05, 0) is 12.8 Å². The number of aliphatic hydroxyl groups excluding tert-OH is 1. The number of benzene rings is 1. The molecule has 0 atom stereocenters. The number of halogens is 4. The minimum atomic E-state index is -1.66. The molecule has 3 N–H and O–H groups in total. The fourth-order valence-corrected chi connectivity index (χ4v) is 3.19. The number of hydrogen-bond donors (Lipinski definition) is 3. The third-order valence-corrected chi connectivity index (χ3v) is 4.78. The number of piperidine rings is 1. The SMILES string of the molecule is Cn1nc(NC(=O)N2CCC(O)CC2)c(Cl)c1C(=O)Nc1cc(F)c(F)c(F)c1. The number of rotatable bonds is 3. The Balaban J connectivity index is 1.75. The van der Waals surface area contributed by atoms with Gasteiger partial charge in [0, 0.05) is 38.0 Å². The van der Waals surface area contributed by atoms with E-state index in [4.69, 9.17) is 11.6 Å². The minimum Gasteiger partial charge on any atom is -0.393 e. The molecule has 0 unspecified atom stereocenters. The molecular weight excluding hydrogens is 415 g/mol. The standard InChI is InChI=1S/C17H17ClF3N5O3/c1-25-14(16(28)22-8-6-10(19)13(21)11(20)7-8)12(18)15(24-25)23-17(29)26-4-2-9(27)3-5-26/h6-7,9,27H,2-5H2,1H3,(H,22,28)(H,23,24,29). The van der Waals surface area contributed by atoms with E-state index in [1.54, 1.807) is 0 Å². The molecule has 29 heavy (non-hydrogen) atoms. The van der Waals surface area contributed by atoms with Gasteiger partial charge in [-0.2, -0.15) is 5.10 Å². The van der Waals surface area contributed by atoms with E-state index in [0.29, 0.717) is 38.1 Å². The Hall–Kier alpha value is -2.79. The number of carbonyl (C=O) groups excluding carboxylic acids is 2. The molecule has 1 aliphatic heterocycles. The average Bonchev–Trinajstić information content (AvgIpc) is 2.93. The third-order valence-electron chi connectivity index (χ3n) is 4.42. The summed E-state index contributed by atoms with van der Waals surface area (Å²) in [5.41, 5.74) is -0.498. The number of nitrogens with zero attached hydrogens (tertiary/aromatic N) is 3. The second-order valence-corrected chi connectivity index (χ2v) is 6.87. The Morgan fingerprint density at radius 3 is 2.34 bits per heavy atom. The number of urea groups is 1. The Kier molecular flexibility index (Phi) is 5.99. The molecule has 156 valence electrons. The van der Waals surface area contributed by atoms with Gasteiger partial charge in [0.1, 0.15) is 10.7 Å². The second-order valence-electron chi connectivity index (χ2n) is 6.49. The molecule has 0 bridgehead atoms. The smallest absolute Gasteiger partial charge is 0.323 e. The number of hydrogen-bond acceptors (Lipinski definition) is 4. The van der Waals surface area contributed by atoms with Crippen LogP contribution in [0.1, 0.15) is 23.3 Å². The number of aliphatic hydroxyl groups is 1. The summed E-state index contributed by atoms with van der Waals surface area (Å²) in [6.07, 6.45) is 0.442. The van der Waals surface area contributed by atoms with E-state index in [1.165, 1.54) is 11.9 Å². The Morgan fingerprint density at radius 2 is 1.76 bits per heavy atom. The van der Waals surface area contributed by atoms with Gasteiger partial charge in [0.25, 0.3) is 5.91 Å². The maximum absolute atomic E-state index is 13.3. The van der Waals surface area contributed by atoms with Gasteiger partial charge >= 0.3 is 6.03 Å². The first kappa shape index (κ1) is 20.9. The van der Waals surface area contributed by atoms with Crippen LogP contribution in [0.2, 0.25) is 5.02 Å². The molecular formula is C17H17ClF3N5O3. The highest BCUT2D eigenvalue weighted by atomic mass is 35.5. The summed E-state index contributed by atoms with van der Waals surface area (Å²) >= 11 is 6.16. The lowest BCUT2D eigenvalue weighted by atomic mass is 10.1. The first-order chi connectivity index (χ1) is 13.7. The van der Waals surface area contributed by atoms with Crippen molar-refractivity contribution in [3.63, 3.8) is 0 Å². The molecule has 0 saturated carbocycles. The van der Waals surface area contributed by atoms with E-state index in [-0.39, 0.29) is 22.2 Å². The zero-order valence-corrected chi connectivity index (χ0v) is 15.9. The van der Waals surface area contributed by atoms with E-state index in [2.05, 4.69) is 15.7 Å². The normalized spacial score (nSPS) is 14.8. The predicted molar refractivity (Wildman–Crippen MR) is 98.3 cm³/mol. The monoisotopic (exact) mass is 431 g/mol. The largest absolute Gasteiger partial charge is 0.393 e. The van der Waals surface area contributed by atoms with Gasteiger partial charge in [-0.25, -0.2) is 18.0 Å². The summed E-state index contributed by atoms with van der Waals surface area (Å²) in [4.78, 5) is 26.2. The highest BCUT2D eigenvalue weighted by molar-refractivity contribution is 6.36. The molecule has 0 aliphatic carbocycles. The lowest BCUT2D eigenvalue weighted by Crippen LogP contribution is -2.42. The maximum atomic E-state index is 13.3. The summed E-state index contributed by atoms with van der Waals surface area (Å²) in [5, 5.41) is 18.0. The Labute approximate surface area is 168 Å². The average molecular weight is 432 g/mol. The van der Waals surface area contributed by atoms with Gasteiger partial charge in [0.2, 0.25) is 0 Å². The summed E-state index contributed by atoms with van der Waals surface area (Å²) in [5.74, 6) is -5.52. The highest BCUT2D eigenvalue weighted by Gasteiger charge is 2.26. The van der Waals surface area contributed by atoms with Crippen LogP contribution in [0.15, 0.2) is 12.1 Å². The van der Waals surface area contributed by atoms with Crippen LogP contribution in [0.25, 0.3) is 0 Å². The second kappa shape index (κ2) is 8.29. The van der Waals surface area contributed by atoms with E-state index >= 15 is 0 Å². The molecule has 1 aromatic heterocycles. The van der Waals surface area contributed by atoms with E-state index < -0.39 is 35.5 Å². The highest BCUT2D eigenvalue weighted by Crippen LogP contribution is 2.27. The first-order valence-corrected chi connectivity index (χ1v) is 8.97. The van der Waals surface area contributed by atoms with Crippen LogP contribution in [0.3, 0.4) is 0 Å². The Morgan fingerprint density at radius 1 is 1.17 bits per heavy atom. The third kappa shape index (κ3) is 4.46. The van der Waals surface area contributed by atoms with Crippen LogP contribution in [0.4, 0.5) is 29.5 Å². The van der Waals surface area contributed by atoms with Gasteiger partial charge in [0.05, 0.1) is 6.10 Å². The molecule has 0 radical (unpaired) electrons. The van der Waals surface area contributed by atoms with Crippen molar-refractivity contribution in [2.75, 3.05) is 23.7 Å². The van der Waals surface area contributed by atoms with E-state index in [9.17, 15) is 27.9 Å². The summed E-state index contributed by atoms with van der Waals surface area (Å²) in [7, 11) is 1.39. The number of likely N-dealkylation sites (tertiary alicyclic amines) is 1. The molecule has 12 heteroatoms. The number of aromatic nitrogens is 2. The van der Waals surface area contributed by atoms with E-state index in [1.807, 2.05) is 0 Å². The summed E-state index contributed by atoms with van der Waals surface area (Å²) in [6, 6.07) is 0.744. The molecule has 1 aromatic carbocycles. The van der Waals surface area contributed by atoms with Crippen LogP contribution in [0, 0.1) is 17.5 Å². The van der Waals surface area contributed by atoms with Crippen molar-refractivity contribution in [3.05, 3.63) is 40.3 Å². The molecule has 1 saturated heterocycles. The van der Waals surface area contributed by atoms with Crippen molar-refractivity contribution in [1.29, 1.82) is 0 Å². The van der Waals surface area contributed by atoms with Crippen LogP contribution in [-0.4, -0.2) is 50.9 Å². The van der Waals surface area contributed by atoms with E-state index in [0.717, 1.165) is 4.68 Å². The molecule has 1 aliphatic rings. The number of carbonyl (C=O) groups is 2. The number of aryl methyl sites for hydroxylation is 1. The number of amides is 3. The summed E-state index contributed by atoms with van der Waals surface area (Å²) < 4.78 is 40.8. The van der Waals surface area contributed by atoms with Crippen molar-refractivity contribution in [3.8, 4) is 0 Å². The van der Waals surface area contributed by atoms with Crippen LogP contribution >= 0.6 is 11.6 Å². The zero-order chi connectivity index (χ0) is 21.3. The molecule has 3 rings (SSSR count). The predicted octanol–water partition coefficient (Wildman–Crippen LogP) is 2.73. The van der Waals surface area contributed by atoms with Gasteiger partial charge in [-0.15, -0.1) is 0 Å². The van der Waals surface area contributed by atoms with Crippen molar-refractivity contribution < 1.29 is 27.9 Å². The van der Waals surface area contributed by atoms with Crippen molar-refractivity contribution in [2.45, 2.75) is 18.9 Å². The van der Waals surface area contributed by atoms with Crippen LogP contribution < -0.4 is 10.6 Å². The topological polar surface area (TPSA) is 99.5 Å².